The van der Waals surface area contributed by atoms with Crippen molar-refractivity contribution in [3.05, 3.63) is 35.4 Å². The molecule has 1 aromatic rings. The maximum Gasteiger partial charge on any atom is 0.311 e. The van der Waals surface area contributed by atoms with Crippen molar-refractivity contribution in [3.63, 3.8) is 0 Å². The molecule has 0 heterocycles. The van der Waals surface area contributed by atoms with Gasteiger partial charge in [-0.3, -0.25) is 4.79 Å². The second kappa shape index (κ2) is 2.88. The van der Waals surface area contributed by atoms with Gasteiger partial charge >= 0.3 is 5.97 Å². The zero-order valence-corrected chi connectivity index (χ0v) is 9.75. The first-order chi connectivity index (χ1) is 7.60. The summed E-state index contributed by atoms with van der Waals surface area (Å²) in [6.45, 7) is 2.10. The van der Waals surface area contributed by atoms with Gasteiger partial charge in [-0.2, -0.15) is 0 Å². The molecule has 2 heteroatoms. The van der Waals surface area contributed by atoms with Gasteiger partial charge in [0.2, 0.25) is 0 Å². The Morgan fingerprint density at radius 3 is 2.25 bits per heavy atom. The van der Waals surface area contributed by atoms with Gasteiger partial charge in [0.25, 0.3) is 0 Å². The van der Waals surface area contributed by atoms with Gasteiger partial charge < -0.3 is 4.74 Å². The van der Waals surface area contributed by atoms with Crippen molar-refractivity contribution in [2.45, 2.75) is 31.6 Å². The van der Waals surface area contributed by atoms with Crippen LogP contribution in [0.2, 0.25) is 0 Å². The number of benzene rings is 1. The van der Waals surface area contributed by atoms with E-state index in [0.29, 0.717) is 5.41 Å². The molecule has 2 bridgehead atoms. The standard InChI is InChI=1S/C14H16O2/c1-10-3-5-11(6-4-10)13-7-14(8-13,9-13)12(15)16-2/h3-6H,7-9H2,1-2H3. The molecule has 0 atom stereocenters. The highest BCUT2D eigenvalue weighted by Crippen LogP contribution is 2.73. The van der Waals surface area contributed by atoms with Crippen molar-refractivity contribution in [3.8, 4) is 0 Å². The quantitative estimate of drug-likeness (QED) is 0.710. The molecule has 3 saturated carbocycles. The highest BCUT2D eigenvalue weighted by Gasteiger charge is 2.72. The number of methoxy groups -OCH3 is 1. The van der Waals surface area contributed by atoms with Crippen LogP contribution in [-0.4, -0.2) is 13.1 Å². The molecule has 0 aromatic heterocycles. The average molecular weight is 216 g/mol. The molecule has 1 aromatic carbocycles. The Labute approximate surface area is 95.6 Å². The van der Waals surface area contributed by atoms with Crippen LogP contribution >= 0.6 is 0 Å². The molecule has 0 aliphatic heterocycles. The predicted octanol–water partition coefficient (Wildman–Crippen LogP) is 2.59. The lowest BCUT2D eigenvalue weighted by Gasteiger charge is -2.68. The van der Waals surface area contributed by atoms with Gasteiger partial charge in [-0.15, -0.1) is 0 Å². The zero-order chi connectivity index (χ0) is 11.4. The second-order valence-electron chi connectivity index (χ2n) is 5.45. The largest absolute Gasteiger partial charge is 0.469 e. The molecule has 84 valence electrons. The van der Waals surface area contributed by atoms with E-state index in [4.69, 9.17) is 4.74 Å². The number of esters is 1. The van der Waals surface area contributed by atoms with E-state index in [0.717, 1.165) is 19.3 Å². The molecule has 0 unspecified atom stereocenters. The number of carbonyl (C=O) groups excluding carboxylic acids is 1. The predicted molar refractivity (Wildman–Crippen MR) is 61.2 cm³/mol. The first kappa shape index (κ1) is 9.88. The third-order valence-electron chi connectivity index (χ3n) is 4.31. The van der Waals surface area contributed by atoms with Gasteiger partial charge in [0.05, 0.1) is 12.5 Å². The second-order valence-corrected chi connectivity index (χ2v) is 5.45. The number of carbonyl (C=O) groups is 1. The lowest BCUT2D eigenvalue weighted by atomic mass is 9.33. The number of aryl methyl sites for hydroxylation is 1. The Bertz CT molecular complexity index is 425. The minimum absolute atomic E-state index is 0.0125. The lowest BCUT2D eigenvalue weighted by Crippen LogP contribution is -2.68. The molecular formula is C14H16O2. The summed E-state index contributed by atoms with van der Waals surface area (Å²) in [5.41, 5.74) is 2.85. The van der Waals surface area contributed by atoms with Crippen molar-refractivity contribution in [1.82, 2.24) is 0 Å². The number of rotatable bonds is 2. The summed E-state index contributed by atoms with van der Waals surface area (Å²) < 4.78 is 4.86. The fraction of sp³-hybridized carbons (Fsp3) is 0.500. The molecule has 3 aliphatic rings. The molecule has 0 N–H and O–H groups in total. The van der Waals surface area contributed by atoms with Crippen molar-refractivity contribution in [1.29, 1.82) is 0 Å². The molecule has 16 heavy (non-hydrogen) atoms. The molecule has 3 aliphatic carbocycles. The third-order valence-corrected chi connectivity index (χ3v) is 4.31. The molecule has 0 saturated heterocycles. The zero-order valence-electron chi connectivity index (χ0n) is 9.75. The van der Waals surface area contributed by atoms with Crippen LogP contribution in [0.25, 0.3) is 0 Å². The highest BCUT2D eigenvalue weighted by atomic mass is 16.5. The minimum atomic E-state index is -0.125. The number of hydrogen-bond donors (Lipinski definition) is 0. The Kier molecular flexibility index (Phi) is 1.78. The summed E-state index contributed by atoms with van der Waals surface area (Å²) in [6, 6.07) is 8.71. The van der Waals surface area contributed by atoms with E-state index in [-0.39, 0.29) is 11.4 Å². The van der Waals surface area contributed by atoms with E-state index in [1.807, 2.05) is 0 Å². The van der Waals surface area contributed by atoms with Crippen molar-refractivity contribution < 1.29 is 9.53 Å². The van der Waals surface area contributed by atoms with Crippen LogP contribution < -0.4 is 0 Å². The fourth-order valence-corrected chi connectivity index (χ4v) is 3.43. The molecule has 0 amide bonds. The van der Waals surface area contributed by atoms with Crippen molar-refractivity contribution >= 4 is 5.97 Å². The molecule has 0 spiro atoms. The van der Waals surface area contributed by atoms with Gasteiger partial charge in [0, 0.05) is 0 Å². The van der Waals surface area contributed by atoms with Crippen LogP contribution in [0.4, 0.5) is 0 Å². The van der Waals surface area contributed by atoms with E-state index < -0.39 is 0 Å². The Balaban J connectivity index is 1.78. The van der Waals surface area contributed by atoms with Crippen LogP contribution in [0.3, 0.4) is 0 Å². The summed E-state index contributed by atoms with van der Waals surface area (Å²) in [4.78, 5) is 11.6. The van der Waals surface area contributed by atoms with E-state index in [2.05, 4.69) is 31.2 Å². The van der Waals surface area contributed by atoms with Crippen LogP contribution in [0.1, 0.15) is 30.4 Å². The topological polar surface area (TPSA) is 26.3 Å². The monoisotopic (exact) mass is 216 g/mol. The van der Waals surface area contributed by atoms with Gasteiger partial charge in [-0.25, -0.2) is 0 Å². The molecular weight excluding hydrogens is 200 g/mol. The Morgan fingerprint density at radius 1 is 1.19 bits per heavy atom. The van der Waals surface area contributed by atoms with Crippen molar-refractivity contribution in [2.24, 2.45) is 5.41 Å². The molecule has 2 nitrogen and oxygen atoms in total. The number of ether oxygens (including phenoxy) is 1. The van der Waals surface area contributed by atoms with Crippen LogP contribution in [0.5, 0.6) is 0 Å². The maximum absolute atomic E-state index is 11.6. The fourth-order valence-electron chi connectivity index (χ4n) is 3.43. The van der Waals surface area contributed by atoms with Crippen LogP contribution in [0.15, 0.2) is 24.3 Å². The molecule has 3 fully saturated rings. The van der Waals surface area contributed by atoms with Gasteiger partial charge in [-0.1, -0.05) is 29.8 Å². The maximum atomic E-state index is 11.6. The van der Waals surface area contributed by atoms with Gasteiger partial charge in [-0.05, 0) is 37.2 Å². The summed E-state index contributed by atoms with van der Waals surface area (Å²) in [7, 11) is 1.49. The SMILES string of the molecule is COC(=O)C12CC(c3ccc(C)cc3)(C1)C2. The third kappa shape index (κ3) is 1.05. The van der Waals surface area contributed by atoms with Gasteiger partial charge in [0.15, 0.2) is 0 Å². The summed E-state index contributed by atoms with van der Waals surface area (Å²) >= 11 is 0. The summed E-state index contributed by atoms with van der Waals surface area (Å²) in [5, 5.41) is 0. The minimum Gasteiger partial charge on any atom is -0.469 e. The van der Waals surface area contributed by atoms with E-state index in [1.165, 1.54) is 18.2 Å². The summed E-state index contributed by atoms with van der Waals surface area (Å²) in [6.07, 6.45) is 2.95. The van der Waals surface area contributed by atoms with Gasteiger partial charge in [0.1, 0.15) is 0 Å². The highest BCUT2D eigenvalue weighted by molar-refractivity contribution is 5.82. The van der Waals surface area contributed by atoms with Crippen LogP contribution in [0, 0.1) is 12.3 Å². The molecule has 0 radical (unpaired) electrons. The lowest BCUT2D eigenvalue weighted by molar-refractivity contribution is -0.198. The number of hydrogen-bond acceptors (Lipinski definition) is 2. The Hall–Kier alpha value is -1.31. The first-order valence-corrected chi connectivity index (χ1v) is 5.76. The van der Waals surface area contributed by atoms with E-state index in [9.17, 15) is 4.79 Å². The average Bonchev–Trinajstić information content (AvgIpc) is 2.16. The first-order valence-electron chi connectivity index (χ1n) is 5.76. The van der Waals surface area contributed by atoms with Crippen molar-refractivity contribution in [2.75, 3.05) is 7.11 Å². The van der Waals surface area contributed by atoms with E-state index >= 15 is 0 Å². The normalized spacial score (nSPS) is 34.9. The molecule has 4 rings (SSSR count). The summed E-state index contributed by atoms with van der Waals surface area (Å²) in [5.74, 6) is -0.0125. The Morgan fingerprint density at radius 2 is 1.75 bits per heavy atom. The smallest absolute Gasteiger partial charge is 0.311 e. The van der Waals surface area contributed by atoms with Crippen LogP contribution in [-0.2, 0) is 14.9 Å². The van der Waals surface area contributed by atoms with E-state index in [1.54, 1.807) is 0 Å².